The lowest BCUT2D eigenvalue weighted by Gasteiger charge is -2.24. The Balaban J connectivity index is 2.61. The molecule has 0 saturated heterocycles. The summed E-state index contributed by atoms with van der Waals surface area (Å²) in [7, 11) is 1.50. The number of halogens is 2. The summed E-state index contributed by atoms with van der Waals surface area (Å²) in [6, 6.07) is 2.79. The van der Waals surface area contributed by atoms with Gasteiger partial charge in [0.05, 0.1) is 4.47 Å². The minimum absolute atomic E-state index is 0.0251. The van der Waals surface area contributed by atoms with Crippen LogP contribution in [0.3, 0.4) is 0 Å². The number of benzene rings is 1. The molecule has 1 aromatic rings. The molecule has 0 unspecified atom stereocenters. The van der Waals surface area contributed by atoms with Crippen LogP contribution in [0.4, 0.5) is 10.1 Å². The molecule has 1 aliphatic rings. The number of nitrogens with zero attached hydrogens (tertiary/aromatic N) is 1. The average Bonchev–Trinajstić information content (AvgIpc) is 2.19. The van der Waals surface area contributed by atoms with Gasteiger partial charge in [-0.25, -0.2) is 4.39 Å². The van der Waals surface area contributed by atoms with Crippen LogP contribution in [0.25, 0.3) is 0 Å². The number of amides is 1. The highest BCUT2D eigenvalue weighted by molar-refractivity contribution is 9.10. The van der Waals surface area contributed by atoms with Crippen molar-refractivity contribution in [2.24, 2.45) is 0 Å². The summed E-state index contributed by atoms with van der Waals surface area (Å²) in [5.41, 5.74) is 1.12. The van der Waals surface area contributed by atoms with Crippen molar-refractivity contribution in [2.75, 3.05) is 11.9 Å². The Morgan fingerprint density at radius 2 is 2.07 bits per heavy atom. The van der Waals surface area contributed by atoms with Crippen molar-refractivity contribution in [3.8, 4) is 0 Å². The quantitative estimate of drug-likeness (QED) is 0.674. The first kappa shape index (κ1) is 10.3. The molecule has 0 spiro atoms. The number of Topliss-reactive ketones (excluding diaryl/α,β-unsaturated/α-hetero) is 1. The maximum absolute atomic E-state index is 13.2. The molecular formula is C10H7BrFNO2. The van der Waals surface area contributed by atoms with Gasteiger partial charge in [-0.05, 0) is 33.6 Å². The molecule has 0 atom stereocenters. The molecule has 5 heteroatoms. The smallest absolute Gasteiger partial charge is 0.294 e. The van der Waals surface area contributed by atoms with E-state index < -0.39 is 17.5 Å². The van der Waals surface area contributed by atoms with Crippen LogP contribution in [0.5, 0.6) is 0 Å². The minimum Gasteiger partial charge on any atom is -0.309 e. The van der Waals surface area contributed by atoms with Gasteiger partial charge in [0.1, 0.15) is 5.82 Å². The Bertz CT molecular complexity index is 473. The Labute approximate surface area is 94.0 Å². The predicted molar refractivity (Wildman–Crippen MR) is 56.2 cm³/mol. The Morgan fingerprint density at radius 1 is 1.40 bits per heavy atom. The molecule has 0 fully saturated rings. The van der Waals surface area contributed by atoms with Crippen LogP contribution in [-0.4, -0.2) is 18.7 Å². The highest BCUT2D eigenvalue weighted by Crippen LogP contribution is 2.30. The van der Waals surface area contributed by atoms with Crippen LogP contribution in [0.1, 0.15) is 5.56 Å². The number of fused-ring (bicyclic) bond motifs is 1. The van der Waals surface area contributed by atoms with Crippen molar-refractivity contribution in [1.29, 1.82) is 0 Å². The van der Waals surface area contributed by atoms with Gasteiger partial charge in [-0.15, -0.1) is 0 Å². The summed E-state index contributed by atoms with van der Waals surface area (Å²) in [4.78, 5) is 23.8. The second-order valence-electron chi connectivity index (χ2n) is 3.36. The number of rotatable bonds is 0. The number of hydrogen-bond acceptors (Lipinski definition) is 2. The van der Waals surface area contributed by atoms with Gasteiger partial charge in [-0.1, -0.05) is 0 Å². The van der Waals surface area contributed by atoms with Gasteiger partial charge in [0.25, 0.3) is 5.91 Å². The fourth-order valence-electron chi connectivity index (χ4n) is 1.58. The van der Waals surface area contributed by atoms with E-state index in [9.17, 15) is 14.0 Å². The third-order valence-corrected chi connectivity index (χ3v) is 2.98. The second kappa shape index (κ2) is 3.41. The van der Waals surface area contributed by atoms with Gasteiger partial charge in [0, 0.05) is 19.2 Å². The number of carbonyl (C=O) groups excluding carboxylic acids is 2. The zero-order chi connectivity index (χ0) is 11.2. The zero-order valence-electron chi connectivity index (χ0n) is 7.88. The molecule has 0 aliphatic carbocycles. The largest absolute Gasteiger partial charge is 0.309 e. The van der Waals surface area contributed by atoms with Crippen LogP contribution < -0.4 is 4.90 Å². The van der Waals surface area contributed by atoms with Crippen molar-refractivity contribution in [3.63, 3.8) is 0 Å². The summed E-state index contributed by atoms with van der Waals surface area (Å²) in [5.74, 6) is -1.49. The van der Waals surface area contributed by atoms with Crippen molar-refractivity contribution in [2.45, 2.75) is 6.42 Å². The van der Waals surface area contributed by atoms with E-state index in [-0.39, 0.29) is 10.9 Å². The summed E-state index contributed by atoms with van der Waals surface area (Å²) >= 11 is 3.04. The molecule has 0 N–H and O–H groups in total. The third-order valence-electron chi connectivity index (χ3n) is 2.38. The summed E-state index contributed by atoms with van der Waals surface area (Å²) in [5, 5.41) is 0. The lowest BCUT2D eigenvalue weighted by atomic mass is 10.0. The van der Waals surface area contributed by atoms with Crippen LogP contribution in [0.2, 0.25) is 0 Å². The molecule has 1 heterocycles. The van der Waals surface area contributed by atoms with E-state index in [0.717, 1.165) is 0 Å². The van der Waals surface area contributed by atoms with Crippen molar-refractivity contribution in [1.82, 2.24) is 0 Å². The topological polar surface area (TPSA) is 37.4 Å². The van der Waals surface area contributed by atoms with Crippen molar-refractivity contribution < 1.29 is 14.0 Å². The predicted octanol–water partition coefficient (Wildman–Crippen LogP) is 1.68. The van der Waals surface area contributed by atoms with Crippen LogP contribution in [0.15, 0.2) is 16.6 Å². The van der Waals surface area contributed by atoms with Crippen LogP contribution >= 0.6 is 15.9 Å². The minimum atomic E-state index is -0.555. The van der Waals surface area contributed by atoms with Crippen molar-refractivity contribution >= 4 is 33.3 Å². The molecule has 15 heavy (non-hydrogen) atoms. The zero-order valence-corrected chi connectivity index (χ0v) is 9.47. The first-order valence-electron chi connectivity index (χ1n) is 4.29. The van der Waals surface area contributed by atoms with Crippen LogP contribution in [-0.2, 0) is 16.0 Å². The molecule has 0 radical (unpaired) electrons. The maximum Gasteiger partial charge on any atom is 0.294 e. The van der Waals surface area contributed by atoms with Crippen molar-refractivity contribution in [3.05, 3.63) is 28.0 Å². The molecule has 0 saturated carbocycles. The van der Waals surface area contributed by atoms with Gasteiger partial charge in [-0.3, -0.25) is 9.59 Å². The summed E-state index contributed by atoms with van der Waals surface area (Å²) in [6.07, 6.45) is -0.0251. The van der Waals surface area contributed by atoms with E-state index in [4.69, 9.17) is 0 Å². The number of carbonyl (C=O) groups is 2. The monoisotopic (exact) mass is 271 g/mol. The molecule has 3 nitrogen and oxygen atoms in total. The molecule has 78 valence electrons. The fourth-order valence-corrected chi connectivity index (χ4v) is 1.91. The maximum atomic E-state index is 13.2. The Morgan fingerprint density at radius 3 is 2.73 bits per heavy atom. The second-order valence-corrected chi connectivity index (χ2v) is 4.21. The van der Waals surface area contributed by atoms with E-state index in [1.165, 1.54) is 24.1 Å². The molecule has 1 aliphatic heterocycles. The molecule has 1 amide bonds. The molecule has 0 aromatic heterocycles. The summed E-state index contributed by atoms with van der Waals surface area (Å²) < 4.78 is 13.5. The van der Waals surface area contributed by atoms with E-state index in [1.807, 2.05) is 0 Å². The highest BCUT2D eigenvalue weighted by atomic mass is 79.9. The van der Waals surface area contributed by atoms with Gasteiger partial charge < -0.3 is 4.90 Å². The van der Waals surface area contributed by atoms with E-state index in [1.54, 1.807) is 0 Å². The molecule has 2 rings (SSSR count). The average molecular weight is 272 g/mol. The first-order valence-corrected chi connectivity index (χ1v) is 5.09. The Kier molecular flexibility index (Phi) is 2.34. The highest BCUT2D eigenvalue weighted by Gasteiger charge is 2.29. The van der Waals surface area contributed by atoms with Crippen LogP contribution in [0, 0.1) is 5.82 Å². The van der Waals surface area contributed by atoms with Gasteiger partial charge >= 0.3 is 0 Å². The standard InChI is InChI=1S/C10H7BrFNO2/c1-13-8-4-6(11)7(12)2-5(8)3-9(14)10(13)15/h2,4H,3H2,1H3. The molecule has 1 aromatic carbocycles. The van der Waals surface area contributed by atoms with E-state index in [0.29, 0.717) is 11.3 Å². The van der Waals surface area contributed by atoms with E-state index in [2.05, 4.69) is 15.9 Å². The Hall–Kier alpha value is -1.23. The molecular weight excluding hydrogens is 265 g/mol. The number of ketones is 1. The SMILES string of the molecule is CN1C(=O)C(=O)Cc2cc(F)c(Br)cc21. The fraction of sp³-hybridized carbons (Fsp3) is 0.200. The normalized spacial score (nSPS) is 15.5. The lowest BCUT2D eigenvalue weighted by molar-refractivity contribution is -0.136. The molecule has 0 bridgehead atoms. The third kappa shape index (κ3) is 1.56. The first-order chi connectivity index (χ1) is 7.00. The number of anilines is 1. The number of likely N-dealkylation sites (N-methyl/N-ethyl adjacent to an activating group) is 1. The van der Waals surface area contributed by atoms with E-state index >= 15 is 0 Å². The van der Waals surface area contributed by atoms with Gasteiger partial charge in [0.15, 0.2) is 0 Å². The van der Waals surface area contributed by atoms with Gasteiger partial charge in [-0.2, -0.15) is 0 Å². The van der Waals surface area contributed by atoms with Gasteiger partial charge in [0.2, 0.25) is 5.78 Å². The lowest BCUT2D eigenvalue weighted by Crippen LogP contribution is -2.38. The number of hydrogen-bond donors (Lipinski definition) is 0. The summed E-state index contributed by atoms with van der Waals surface area (Å²) in [6.45, 7) is 0.